The minimum Gasteiger partial charge on any atom is -0.368 e. The van der Waals surface area contributed by atoms with E-state index >= 15 is 0 Å². The van der Waals surface area contributed by atoms with Gasteiger partial charge >= 0.3 is 0 Å². The molecule has 0 spiro atoms. The second-order valence-electron chi connectivity index (χ2n) is 5.53. The molecule has 0 aliphatic carbocycles. The van der Waals surface area contributed by atoms with Crippen molar-refractivity contribution in [3.63, 3.8) is 0 Å². The summed E-state index contributed by atoms with van der Waals surface area (Å²) in [5, 5.41) is 5.71. The van der Waals surface area contributed by atoms with Crippen LogP contribution in [0.15, 0.2) is 30.5 Å². The third-order valence-corrected chi connectivity index (χ3v) is 3.04. The molecular formula is C15H21N3. The van der Waals surface area contributed by atoms with Crippen LogP contribution in [0, 0.1) is 0 Å². The van der Waals surface area contributed by atoms with E-state index in [0.29, 0.717) is 6.54 Å². The van der Waals surface area contributed by atoms with Crippen LogP contribution >= 0.6 is 0 Å². The Morgan fingerprint density at radius 1 is 1.17 bits per heavy atom. The van der Waals surface area contributed by atoms with E-state index in [-0.39, 0.29) is 5.41 Å². The Balaban J connectivity index is 2.59. The van der Waals surface area contributed by atoms with E-state index in [9.17, 15) is 0 Å². The fraction of sp³-hybridized carbons (Fsp3) is 0.400. The van der Waals surface area contributed by atoms with Gasteiger partial charge in [-0.05, 0) is 16.4 Å². The van der Waals surface area contributed by atoms with Crippen molar-refractivity contribution in [2.24, 2.45) is 5.73 Å². The van der Waals surface area contributed by atoms with Crippen LogP contribution in [0.2, 0.25) is 0 Å². The molecule has 3 N–H and O–H groups in total. The molecule has 1 aromatic carbocycles. The zero-order chi connectivity index (χ0) is 13.2. The molecule has 0 fully saturated rings. The van der Waals surface area contributed by atoms with Gasteiger partial charge in [0.15, 0.2) is 0 Å². The summed E-state index contributed by atoms with van der Waals surface area (Å²) in [4.78, 5) is 4.54. The first kappa shape index (κ1) is 12.8. The highest BCUT2D eigenvalue weighted by molar-refractivity contribution is 5.94. The van der Waals surface area contributed by atoms with Crippen LogP contribution in [-0.2, 0) is 5.41 Å². The molecule has 0 saturated carbocycles. The van der Waals surface area contributed by atoms with Crippen molar-refractivity contribution >= 4 is 16.6 Å². The largest absolute Gasteiger partial charge is 0.368 e. The average molecular weight is 243 g/mol. The second kappa shape index (κ2) is 4.94. The molecule has 0 saturated heterocycles. The van der Waals surface area contributed by atoms with Gasteiger partial charge in [-0.2, -0.15) is 0 Å². The lowest BCUT2D eigenvalue weighted by Crippen LogP contribution is -2.16. The number of rotatable bonds is 3. The fourth-order valence-electron chi connectivity index (χ4n) is 2.12. The van der Waals surface area contributed by atoms with Gasteiger partial charge in [-0.25, -0.2) is 4.98 Å². The monoisotopic (exact) mass is 243 g/mol. The molecule has 0 bridgehead atoms. The van der Waals surface area contributed by atoms with Gasteiger partial charge in [0.05, 0.1) is 0 Å². The van der Waals surface area contributed by atoms with Crippen molar-refractivity contribution in [1.82, 2.24) is 4.98 Å². The predicted octanol–water partition coefficient (Wildman–Crippen LogP) is 2.90. The predicted molar refractivity (Wildman–Crippen MR) is 78.0 cm³/mol. The van der Waals surface area contributed by atoms with E-state index in [4.69, 9.17) is 5.73 Å². The number of fused-ring (bicyclic) bond motifs is 1. The number of anilines is 1. The first-order valence-electron chi connectivity index (χ1n) is 6.36. The molecule has 3 heteroatoms. The first-order chi connectivity index (χ1) is 8.54. The molecule has 0 radical (unpaired) electrons. The van der Waals surface area contributed by atoms with Gasteiger partial charge in [0.2, 0.25) is 0 Å². The maximum absolute atomic E-state index is 5.53. The Kier molecular flexibility index (Phi) is 3.53. The summed E-state index contributed by atoms with van der Waals surface area (Å²) < 4.78 is 0. The van der Waals surface area contributed by atoms with E-state index in [1.165, 1.54) is 16.3 Å². The number of nitrogens with zero attached hydrogens (tertiary/aromatic N) is 1. The highest BCUT2D eigenvalue weighted by atomic mass is 15.0. The molecule has 0 aliphatic rings. The summed E-state index contributed by atoms with van der Waals surface area (Å²) in [6.45, 7) is 7.99. The highest BCUT2D eigenvalue weighted by Crippen LogP contribution is 2.32. The first-order valence-corrected chi connectivity index (χ1v) is 6.36. The van der Waals surface area contributed by atoms with Crippen LogP contribution in [0.4, 0.5) is 5.82 Å². The van der Waals surface area contributed by atoms with Crippen LogP contribution in [-0.4, -0.2) is 18.1 Å². The maximum Gasteiger partial charge on any atom is 0.133 e. The molecule has 2 aromatic rings. The minimum atomic E-state index is 0.0962. The topological polar surface area (TPSA) is 50.9 Å². The van der Waals surface area contributed by atoms with Crippen LogP contribution in [0.25, 0.3) is 10.8 Å². The molecule has 0 atom stereocenters. The third kappa shape index (κ3) is 2.46. The second-order valence-corrected chi connectivity index (χ2v) is 5.53. The van der Waals surface area contributed by atoms with E-state index < -0.39 is 0 Å². The number of hydrogen-bond acceptors (Lipinski definition) is 3. The van der Waals surface area contributed by atoms with Crippen LogP contribution < -0.4 is 11.1 Å². The number of nitrogens with two attached hydrogens (primary N) is 1. The van der Waals surface area contributed by atoms with E-state index in [0.717, 1.165) is 12.4 Å². The summed E-state index contributed by atoms with van der Waals surface area (Å²) in [6, 6.07) is 8.38. The Hall–Kier alpha value is -1.61. The molecule has 18 heavy (non-hydrogen) atoms. The van der Waals surface area contributed by atoms with E-state index in [1.807, 2.05) is 12.3 Å². The number of pyridine rings is 1. The van der Waals surface area contributed by atoms with Gasteiger partial charge in [-0.1, -0.05) is 45.0 Å². The standard InChI is InChI=1S/C15H21N3/c1-15(2,3)13-10-18-14(17-9-8-16)12-7-5-4-6-11(12)13/h4-7,10H,8-9,16H2,1-3H3,(H,17,18). The molecule has 2 rings (SSSR count). The molecule has 96 valence electrons. The maximum atomic E-state index is 5.53. The zero-order valence-corrected chi connectivity index (χ0v) is 11.3. The fourth-order valence-corrected chi connectivity index (χ4v) is 2.12. The van der Waals surface area contributed by atoms with E-state index in [1.54, 1.807) is 0 Å². The summed E-state index contributed by atoms with van der Waals surface area (Å²) in [5.41, 5.74) is 6.90. The zero-order valence-electron chi connectivity index (χ0n) is 11.3. The SMILES string of the molecule is CC(C)(C)c1cnc(NCCN)c2ccccc12. The van der Waals surface area contributed by atoms with Crippen molar-refractivity contribution < 1.29 is 0 Å². The van der Waals surface area contributed by atoms with Gasteiger partial charge in [-0.3, -0.25) is 0 Å². The molecule has 0 aliphatic heterocycles. The number of nitrogens with one attached hydrogen (secondary N) is 1. The van der Waals surface area contributed by atoms with Crippen molar-refractivity contribution in [3.05, 3.63) is 36.0 Å². The van der Waals surface area contributed by atoms with Crippen molar-refractivity contribution in [3.8, 4) is 0 Å². The van der Waals surface area contributed by atoms with Crippen molar-refractivity contribution in [1.29, 1.82) is 0 Å². The highest BCUT2D eigenvalue weighted by Gasteiger charge is 2.18. The van der Waals surface area contributed by atoms with E-state index in [2.05, 4.69) is 49.3 Å². The summed E-state index contributed by atoms with van der Waals surface area (Å²) in [6.07, 6.45) is 1.97. The molecule has 3 nitrogen and oxygen atoms in total. The van der Waals surface area contributed by atoms with Gasteiger partial charge in [0.1, 0.15) is 5.82 Å². The lowest BCUT2D eigenvalue weighted by Gasteiger charge is -2.22. The normalized spacial score (nSPS) is 11.8. The molecule has 0 unspecified atom stereocenters. The van der Waals surface area contributed by atoms with Gasteiger partial charge < -0.3 is 11.1 Å². The Morgan fingerprint density at radius 2 is 1.83 bits per heavy atom. The molecular weight excluding hydrogens is 222 g/mol. The van der Waals surface area contributed by atoms with Gasteiger partial charge in [-0.15, -0.1) is 0 Å². The summed E-state index contributed by atoms with van der Waals surface area (Å²) in [7, 11) is 0. The number of aromatic nitrogens is 1. The van der Waals surface area contributed by atoms with Crippen LogP contribution in [0.5, 0.6) is 0 Å². The van der Waals surface area contributed by atoms with Gasteiger partial charge in [0, 0.05) is 24.7 Å². The average Bonchev–Trinajstić information content (AvgIpc) is 2.34. The quantitative estimate of drug-likeness (QED) is 0.871. The third-order valence-electron chi connectivity index (χ3n) is 3.04. The lowest BCUT2D eigenvalue weighted by molar-refractivity contribution is 0.593. The number of benzene rings is 1. The van der Waals surface area contributed by atoms with Crippen molar-refractivity contribution in [2.75, 3.05) is 18.4 Å². The minimum absolute atomic E-state index is 0.0962. The molecule has 0 amide bonds. The Bertz CT molecular complexity index is 541. The Morgan fingerprint density at radius 3 is 2.44 bits per heavy atom. The number of hydrogen-bond donors (Lipinski definition) is 2. The Labute approximate surface area is 108 Å². The van der Waals surface area contributed by atoms with Crippen LogP contribution in [0.1, 0.15) is 26.3 Å². The molecule has 1 heterocycles. The smallest absolute Gasteiger partial charge is 0.133 e. The van der Waals surface area contributed by atoms with Crippen LogP contribution in [0.3, 0.4) is 0 Å². The van der Waals surface area contributed by atoms with Gasteiger partial charge in [0.25, 0.3) is 0 Å². The molecule has 1 aromatic heterocycles. The lowest BCUT2D eigenvalue weighted by atomic mass is 9.85. The summed E-state index contributed by atoms with van der Waals surface area (Å²) >= 11 is 0. The van der Waals surface area contributed by atoms with Crippen molar-refractivity contribution in [2.45, 2.75) is 26.2 Å². The summed E-state index contributed by atoms with van der Waals surface area (Å²) in [5.74, 6) is 0.920.